The first kappa shape index (κ1) is 15.0. The summed E-state index contributed by atoms with van der Waals surface area (Å²) in [6.45, 7) is 6.91. The van der Waals surface area contributed by atoms with Crippen molar-refractivity contribution in [2.24, 2.45) is 0 Å². The topological polar surface area (TPSA) is 65.4 Å². The molecule has 0 spiro atoms. The zero-order valence-corrected chi connectivity index (χ0v) is 12.6. The molecule has 1 aliphatic rings. The average molecular weight is 318 g/mol. The molecule has 102 valence electrons. The van der Waals surface area contributed by atoms with Crippen LogP contribution in [0.25, 0.3) is 0 Å². The number of carbonyl (C=O) groups excluding carboxylic acids is 1. The van der Waals surface area contributed by atoms with Crippen LogP contribution in [-0.4, -0.2) is 41.9 Å². The van der Waals surface area contributed by atoms with Crippen LogP contribution in [0.1, 0.15) is 27.2 Å². The van der Waals surface area contributed by atoms with E-state index in [1.807, 2.05) is 20.8 Å². The molecule has 1 amide bonds. The lowest BCUT2D eigenvalue weighted by Crippen LogP contribution is -2.37. The van der Waals surface area contributed by atoms with E-state index in [9.17, 15) is 4.79 Å². The summed E-state index contributed by atoms with van der Waals surface area (Å²) in [6, 6.07) is 0.213. The third kappa shape index (κ3) is 5.08. The maximum atomic E-state index is 11.8. The van der Waals surface area contributed by atoms with Crippen molar-refractivity contribution in [3.8, 4) is 0 Å². The summed E-state index contributed by atoms with van der Waals surface area (Å²) in [5.41, 5.74) is -0.453. The number of hydrogen-bond donors (Lipinski definition) is 2. The van der Waals surface area contributed by atoms with E-state index in [1.165, 1.54) is 6.21 Å². The minimum atomic E-state index is -0.453. The van der Waals surface area contributed by atoms with E-state index in [-0.39, 0.29) is 12.1 Å². The first-order chi connectivity index (χ1) is 8.31. The fourth-order valence-electron chi connectivity index (χ4n) is 1.63. The monoisotopic (exact) mass is 317 g/mol. The highest BCUT2D eigenvalue weighted by molar-refractivity contribution is 9.12. The Morgan fingerprint density at radius 3 is 2.78 bits per heavy atom. The smallest absolute Gasteiger partial charge is 0.410 e. The van der Waals surface area contributed by atoms with E-state index in [0.29, 0.717) is 17.6 Å². The summed E-state index contributed by atoms with van der Waals surface area (Å²) in [6.07, 6.45) is 3.57. The number of hydrogen-bond acceptors (Lipinski definition) is 4. The zero-order valence-electron chi connectivity index (χ0n) is 11.0. The van der Waals surface area contributed by atoms with Gasteiger partial charge in [0.1, 0.15) is 5.60 Å². The Kier molecular flexibility index (Phi) is 5.19. The molecule has 1 heterocycles. The summed E-state index contributed by atoms with van der Waals surface area (Å²) in [7, 11) is 0. The molecule has 1 rings (SSSR count). The summed E-state index contributed by atoms with van der Waals surface area (Å²) < 4.78 is 5.99. The Bertz CT molecular complexity index is 350. The molecule has 0 aromatic carbocycles. The number of ether oxygens (including phenoxy) is 1. The van der Waals surface area contributed by atoms with Gasteiger partial charge in [0.25, 0.3) is 0 Å². The van der Waals surface area contributed by atoms with Crippen LogP contribution in [0.15, 0.2) is 10.7 Å². The molecule has 0 aliphatic carbocycles. The van der Waals surface area contributed by atoms with Crippen molar-refractivity contribution in [2.45, 2.75) is 38.8 Å². The number of nitrogens with zero attached hydrogens (tertiary/aromatic N) is 1. The van der Waals surface area contributed by atoms with Gasteiger partial charge in [0.2, 0.25) is 0 Å². The van der Waals surface area contributed by atoms with Crippen molar-refractivity contribution in [3.05, 3.63) is 10.7 Å². The number of likely N-dealkylation sites (tertiary alicyclic amines) is 1. The van der Waals surface area contributed by atoms with Gasteiger partial charge in [-0.1, -0.05) is 0 Å². The molecule has 2 N–H and O–H groups in total. The van der Waals surface area contributed by atoms with Crippen LogP contribution < -0.4 is 5.32 Å². The SMILES string of the molecule is CC(C)(C)OC(=O)N1CCC(N/C=C(/Br)C=N)C1. The number of carbonyl (C=O) groups is 1. The largest absolute Gasteiger partial charge is 0.444 e. The standard InChI is InChI=1S/C12H20BrN3O2/c1-12(2,3)18-11(17)16-5-4-10(8-16)15-7-9(13)6-14/h6-7,10,14-15H,4-5,8H2,1-3H3/b9-7+,14-6?. The molecular weight excluding hydrogens is 298 g/mol. The van der Waals surface area contributed by atoms with Crippen molar-refractivity contribution >= 4 is 28.2 Å². The maximum absolute atomic E-state index is 11.8. The zero-order chi connectivity index (χ0) is 13.8. The Morgan fingerprint density at radius 1 is 1.56 bits per heavy atom. The molecule has 1 saturated heterocycles. The first-order valence-corrected chi connectivity index (χ1v) is 6.71. The number of amides is 1. The molecule has 5 nitrogen and oxygen atoms in total. The summed E-state index contributed by atoms with van der Waals surface area (Å²) >= 11 is 3.22. The van der Waals surface area contributed by atoms with E-state index in [2.05, 4.69) is 21.2 Å². The van der Waals surface area contributed by atoms with Crippen molar-refractivity contribution in [1.29, 1.82) is 5.41 Å². The van der Waals surface area contributed by atoms with Crippen molar-refractivity contribution in [3.63, 3.8) is 0 Å². The molecule has 1 fully saturated rings. The lowest BCUT2D eigenvalue weighted by Gasteiger charge is -2.24. The third-order valence-electron chi connectivity index (χ3n) is 2.43. The number of allylic oxidation sites excluding steroid dienone is 1. The molecule has 0 saturated carbocycles. The fourth-order valence-corrected chi connectivity index (χ4v) is 1.76. The van der Waals surface area contributed by atoms with E-state index >= 15 is 0 Å². The molecule has 1 aliphatic heterocycles. The van der Waals surface area contributed by atoms with Gasteiger partial charge in [-0.05, 0) is 43.1 Å². The van der Waals surface area contributed by atoms with Crippen molar-refractivity contribution in [1.82, 2.24) is 10.2 Å². The number of halogens is 1. The maximum Gasteiger partial charge on any atom is 0.410 e. The Labute approximate surface area is 116 Å². The van der Waals surface area contributed by atoms with Crippen LogP contribution >= 0.6 is 15.9 Å². The van der Waals surface area contributed by atoms with Gasteiger partial charge in [0.15, 0.2) is 0 Å². The molecule has 6 heteroatoms. The minimum absolute atomic E-state index is 0.213. The van der Waals surface area contributed by atoms with Gasteiger partial charge in [-0.15, -0.1) is 0 Å². The average Bonchev–Trinajstić information content (AvgIpc) is 2.72. The molecule has 18 heavy (non-hydrogen) atoms. The van der Waals surface area contributed by atoms with E-state index < -0.39 is 5.60 Å². The van der Waals surface area contributed by atoms with Gasteiger partial charge in [-0.2, -0.15) is 0 Å². The Hall–Kier alpha value is -1.04. The molecule has 0 aromatic heterocycles. The predicted molar refractivity (Wildman–Crippen MR) is 75.1 cm³/mol. The van der Waals surface area contributed by atoms with E-state index in [0.717, 1.165) is 6.42 Å². The molecule has 0 radical (unpaired) electrons. The normalized spacial score (nSPS) is 20.8. The lowest BCUT2D eigenvalue weighted by molar-refractivity contribution is 0.0291. The minimum Gasteiger partial charge on any atom is -0.444 e. The second-order valence-corrected chi connectivity index (χ2v) is 6.17. The van der Waals surface area contributed by atoms with E-state index in [1.54, 1.807) is 11.1 Å². The highest BCUT2D eigenvalue weighted by Gasteiger charge is 2.29. The predicted octanol–water partition coefficient (Wildman–Crippen LogP) is 2.47. The molecule has 1 atom stereocenters. The van der Waals surface area contributed by atoms with Gasteiger partial charge in [0.05, 0.1) is 4.48 Å². The van der Waals surface area contributed by atoms with Crippen molar-refractivity contribution < 1.29 is 9.53 Å². The molecular formula is C12H20BrN3O2. The quantitative estimate of drug-likeness (QED) is 0.786. The Morgan fingerprint density at radius 2 is 2.22 bits per heavy atom. The highest BCUT2D eigenvalue weighted by atomic mass is 79.9. The summed E-state index contributed by atoms with van der Waals surface area (Å²) in [5, 5.41) is 10.2. The fraction of sp³-hybridized carbons (Fsp3) is 0.667. The van der Waals surface area contributed by atoms with Gasteiger partial charge in [-0.25, -0.2) is 4.79 Å². The molecule has 1 unspecified atom stereocenters. The number of nitrogens with one attached hydrogen (secondary N) is 2. The summed E-state index contributed by atoms with van der Waals surface area (Å²) in [5.74, 6) is 0. The highest BCUT2D eigenvalue weighted by Crippen LogP contribution is 2.15. The van der Waals surface area contributed by atoms with Gasteiger partial charge >= 0.3 is 6.09 Å². The first-order valence-electron chi connectivity index (χ1n) is 5.92. The van der Waals surface area contributed by atoms with Gasteiger partial charge < -0.3 is 20.4 Å². The van der Waals surface area contributed by atoms with Gasteiger partial charge in [-0.3, -0.25) is 0 Å². The second-order valence-electron chi connectivity index (χ2n) is 5.25. The Balaban J connectivity index is 2.41. The third-order valence-corrected chi connectivity index (χ3v) is 2.89. The summed E-state index contributed by atoms with van der Waals surface area (Å²) in [4.78, 5) is 13.5. The van der Waals surface area contributed by atoms with Gasteiger partial charge in [0, 0.05) is 31.5 Å². The molecule has 0 bridgehead atoms. The second kappa shape index (κ2) is 6.22. The lowest BCUT2D eigenvalue weighted by atomic mass is 10.2. The van der Waals surface area contributed by atoms with Crippen LogP contribution in [0.3, 0.4) is 0 Å². The van der Waals surface area contributed by atoms with Crippen LogP contribution in [0.5, 0.6) is 0 Å². The van der Waals surface area contributed by atoms with Crippen molar-refractivity contribution in [2.75, 3.05) is 13.1 Å². The van der Waals surface area contributed by atoms with Crippen LogP contribution in [0, 0.1) is 5.41 Å². The van der Waals surface area contributed by atoms with Crippen LogP contribution in [-0.2, 0) is 4.74 Å². The molecule has 0 aromatic rings. The van der Waals surface area contributed by atoms with Crippen LogP contribution in [0.2, 0.25) is 0 Å². The van der Waals surface area contributed by atoms with Crippen LogP contribution in [0.4, 0.5) is 4.79 Å². The van der Waals surface area contributed by atoms with E-state index in [4.69, 9.17) is 10.1 Å². The number of rotatable bonds is 3.